The molecule has 0 spiro atoms. The fourth-order valence-electron chi connectivity index (χ4n) is 2.22. The van der Waals surface area contributed by atoms with Gasteiger partial charge in [-0.2, -0.15) is 0 Å². The first-order valence-electron chi connectivity index (χ1n) is 6.95. The molecule has 0 amide bonds. The molecule has 2 rings (SSSR count). The van der Waals surface area contributed by atoms with E-state index >= 15 is 0 Å². The number of rotatable bonds is 6. The summed E-state index contributed by atoms with van der Waals surface area (Å²) < 4.78 is 1.77. The van der Waals surface area contributed by atoms with Gasteiger partial charge in [-0.1, -0.05) is 12.1 Å². The third-order valence-corrected chi connectivity index (χ3v) is 3.98. The van der Waals surface area contributed by atoms with Gasteiger partial charge in [-0.25, -0.2) is 4.79 Å². The van der Waals surface area contributed by atoms with Gasteiger partial charge in [0.15, 0.2) is 0 Å². The maximum absolute atomic E-state index is 11.9. The number of hydrogen-bond acceptors (Lipinski definition) is 3. The lowest BCUT2D eigenvalue weighted by molar-refractivity contribution is 0.0773. The molecule has 0 aliphatic carbocycles. The molecule has 0 radical (unpaired) electrons. The predicted octanol–water partition coefficient (Wildman–Crippen LogP) is 1.42. The van der Waals surface area contributed by atoms with Crippen LogP contribution in [0.2, 0.25) is 0 Å². The lowest BCUT2D eigenvalue weighted by atomic mass is 10.1. The lowest BCUT2D eigenvalue weighted by Crippen LogP contribution is -2.44. The zero-order chi connectivity index (χ0) is 14.8. The number of nitrogens with zero attached hydrogens (tertiary/aromatic N) is 2. The average molecular weight is 277 g/mol. The van der Waals surface area contributed by atoms with Crippen molar-refractivity contribution in [3.63, 3.8) is 0 Å². The molecule has 0 fully saturated rings. The summed E-state index contributed by atoms with van der Waals surface area (Å²) in [5, 5.41) is 9.33. The summed E-state index contributed by atoms with van der Waals surface area (Å²) in [5.41, 5.74) is 1.53. The Balaban J connectivity index is 2.04. The number of likely N-dealkylation sites (N-methyl/N-ethyl adjacent to an activating group) is 1. The van der Waals surface area contributed by atoms with Crippen LogP contribution in [0, 0.1) is 0 Å². The lowest BCUT2D eigenvalue weighted by Gasteiger charge is -2.33. The molecule has 110 valence electrons. The smallest absolute Gasteiger partial charge is 0.326 e. The van der Waals surface area contributed by atoms with Gasteiger partial charge in [0.1, 0.15) is 0 Å². The Morgan fingerprint density at radius 3 is 2.75 bits per heavy atom. The van der Waals surface area contributed by atoms with Crippen LogP contribution in [0.4, 0.5) is 0 Å². The normalized spacial score (nSPS) is 12.4. The Morgan fingerprint density at radius 2 is 2.05 bits per heavy atom. The molecular formula is C15H23N3O2. The predicted molar refractivity (Wildman–Crippen MR) is 81.0 cm³/mol. The van der Waals surface area contributed by atoms with Gasteiger partial charge in [-0.3, -0.25) is 9.47 Å². The van der Waals surface area contributed by atoms with Gasteiger partial charge >= 0.3 is 5.69 Å². The molecule has 0 aliphatic heterocycles. The molecule has 5 heteroatoms. The van der Waals surface area contributed by atoms with Gasteiger partial charge in [-0.15, -0.1) is 0 Å². The number of para-hydroxylation sites is 2. The molecule has 0 saturated heterocycles. The number of aromatic amines is 1. The third-order valence-electron chi connectivity index (χ3n) is 3.98. The summed E-state index contributed by atoms with van der Waals surface area (Å²) in [6.07, 6.45) is 0.863. The van der Waals surface area contributed by atoms with Gasteiger partial charge in [-0.05, 0) is 39.4 Å². The van der Waals surface area contributed by atoms with E-state index in [-0.39, 0.29) is 17.8 Å². The second kappa shape index (κ2) is 5.81. The van der Waals surface area contributed by atoms with Crippen molar-refractivity contribution in [1.82, 2.24) is 14.5 Å². The second-order valence-corrected chi connectivity index (χ2v) is 5.84. The van der Waals surface area contributed by atoms with Crippen molar-refractivity contribution >= 4 is 11.0 Å². The minimum absolute atomic E-state index is 0.0599. The molecule has 5 nitrogen and oxygen atoms in total. The maximum Gasteiger partial charge on any atom is 0.326 e. The maximum atomic E-state index is 11.9. The van der Waals surface area contributed by atoms with E-state index in [0.29, 0.717) is 6.54 Å². The van der Waals surface area contributed by atoms with Crippen molar-refractivity contribution in [3.8, 4) is 0 Å². The van der Waals surface area contributed by atoms with Crippen LogP contribution in [-0.4, -0.2) is 45.3 Å². The highest BCUT2D eigenvalue weighted by molar-refractivity contribution is 5.74. The van der Waals surface area contributed by atoms with Crippen LogP contribution in [0.1, 0.15) is 20.3 Å². The number of fused-ring (bicyclic) bond motifs is 1. The first kappa shape index (κ1) is 14.8. The largest absolute Gasteiger partial charge is 0.394 e. The minimum Gasteiger partial charge on any atom is -0.394 e. The first-order chi connectivity index (χ1) is 9.45. The van der Waals surface area contributed by atoms with E-state index in [1.54, 1.807) is 4.57 Å². The molecule has 0 bridgehead atoms. The van der Waals surface area contributed by atoms with Crippen molar-refractivity contribution in [3.05, 3.63) is 34.7 Å². The molecule has 20 heavy (non-hydrogen) atoms. The number of imidazole rings is 1. The molecule has 1 aromatic heterocycles. The van der Waals surface area contributed by atoms with Crippen molar-refractivity contribution in [2.45, 2.75) is 32.4 Å². The zero-order valence-corrected chi connectivity index (χ0v) is 12.4. The molecule has 2 aromatic rings. The fraction of sp³-hybridized carbons (Fsp3) is 0.533. The Kier molecular flexibility index (Phi) is 4.30. The van der Waals surface area contributed by atoms with Crippen molar-refractivity contribution < 1.29 is 5.11 Å². The quantitative estimate of drug-likeness (QED) is 0.839. The van der Waals surface area contributed by atoms with Crippen molar-refractivity contribution in [1.29, 1.82) is 0 Å². The summed E-state index contributed by atoms with van der Waals surface area (Å²) in [6.45, 7) is 5.64. The van der Waals surface area contributed by atoms with Crippen LogP contribution in [0.25, 0.3) is 11.0 Å². The highest BCUT2D eigenvalue weighted by Gasteiger charge is 2.21. The number of nitrogens with one attached hydrogen (secondary N) is 1. The van der Waals surface area contributed by atoms with Gasteiger partial charge in [0.2, 0.25) is 0 Å². The number of aliphatic hydroxyl groups excluding tert-OH is 1. The summed E-state index contributed by atoms with van der Waals surface area (Å²) in [5.74, 6) is 0. The number of aliphatic hydroxyl groups is 1. The van der Waals surface area contributed by atoms with Gasteiger partial charge in [0.05, 0.1) is 17.6 Å². The zero-order valence-electron chi connectivity index (χ0n) is 12.4. The van der Waals surface area contributed by atoms with E-state index in [0.717, 1.165) is 24.0 Å². The first-order valence-corrected chi connectivity index (χ1v) is 6.95. The molecule has 1 aromatic carbocycles. The molecule has 0 aliphatic rings. The molecular weight excluding hydrogens is 254 g/mol. The second-order valence-electron chi connectivity index (χ2n) is 5.84. The SMILES string of the molecule is CN(CCCn1c(=O)[nH]c2ccccc21)C(C)(C)CO. The minimum atomic E-state index is -0.231. The number of aromatic nitrogens is 2. The van der Waals surface area contributed by atoms with Crippen molar-refractivity contribution in [2.75, 3.05) is 20.2 Å². The molecule has 0 atom stereocenters. The van der Waals surface area contributed by atoms with Crippen LogP contribution in [-0.2, 0) is 6.54 Å². The van der Waals surface area contributed by atoms with E-state index in [4.69, 9.17) is 0 Å². The van der Waals surface area contributed by atoms with Gasteiger partial charge in [0.25, 0.3) is 0 Å². The Bertz CT molecular complexity index is 627. The van der Waals surface area contributed by atoms with Crippen LogP contribution in [0.3, 0.4) is 0 Å². The van der Waals surface area contributed by atoms with Crippen molar-refractivity contribution in [2.24, 2.45) is 0 Å². The van der Waals surface area contributed by atoms with Gasteiger partial charge in [0, 0.05) is 18.6 Å². The summed E-state index contributed by atoms with van der Waals surface area (Å²) >= 11 is 0. The number of hydrogen-bond donors (Lipinski definition) is 2. The Morgan fingerprint density at radius 1 is 1.35 bits per heavy atom. The van der Waals surface area contributed by atoms with E-state index in [1.165, 1.54) is 0 Å². The molecule has 0 saturated carbocycles. The Hall–Kier alpha value is -1.59. The average Bonchev–Trinajstić information content (AvgIpc) is 2.75. The summed E-state index contributed by atoms with van der Waals surface area (Å²) in [7, 11) is 1.99. The number of aryl methyl sites for hydroxylation is 1. The highest BCUT2D eigenvalue weighted by Crippen LogP contribution is 2.13. The molecule has 2 N–H and O–H groups in total. The Labute approximate surface area is 118 Å². The standard InChI is InChI=1S/C15H23N3O2/c1-15(2,11-19)17(3)9-6-10-18-13-8-5-4-7-12(13)16-14(18)20/h4-5,7-8,19H,6,9-11H2,1-3H3,(H,16,20). The summed E-state index contributed by atoms with van der Waals surface area (Å²) in [4.78, 5) is 16.9. The van der Waals surface area contributed by atoms with Gasteiger partial charge < -0.3 is 10.1 Å². The number of H-pyrrole nitrogens is 1. The van der Waals surface area contributed by atoms with Crippen LogP contribution < -0.4 is 5.69 Å². The fourth-order valence-corrected chi connectivity index (χ4v) is 2.22. The highest BCUT2D eigenvalue weighted by atomic mass is 16.3. The van der Waals surface area contributed by atoms with Crippen LogP contribution >= 0.6 is 0 Å². The van der Waals surface area contributed by atoms with Crippen LogP contribution in [0.5, 0.6) is 0 Å². The molecule has 1 heterocycles. The van der Waals surface area contributed by atoms with E-state index in [9.17, 15) is 9.90 Å². The summed E-state index contributed by atoms with van der Waals surface area (Å²) in [6, 6.07) is 7.72. The van der Waals surface area contributed by atoms with E-state index in [1.807, 2.05) is 45.2 Å². The van der Waals surface area contributed by atoms with Crippen LogP contribution in [0.15, 0.2) is 29.1 Å². The topological polar surface area (TPSA) is 61.3 Å². The van der Waals surface area contributed by atoms with E-state index < -0.39 is 0 Å². The molecule has 0 unspecified atom stereocenters. The third kappa shape index (κ3) is 2.94. The monoisotopic (exact) mass is 277 g/mol. The number of benzene rings is 1. The van der Waals surface area contributed by atoms with E-state index in [2.05, 4.69) is 9.88 Å².